The van der Waals surface area contributed by atoms with Crippen molar-refractivity contribution in [2.24, 2.45) is 0 Å². The molecule has 0 aliphatic carbocycles. The largest absolute Gasteiger partial charge is 0.496 e. The van der Waals surface area contributed by atoms with Crippen molar-refractivity contribution in [3.05, 3.63) is 23.5 Å². The number of aliphatic hydroxyl groups excluding tert-OH is 1. The summed E-state index contributed by atoms with van der Waals surface area (Å²) in [4.78, 5) is 0. The highest BCUT2D eigenvalue weighted by molar-refractivity contribution is 5.41. The fourth-order valence-electron chi connectivity index (χ4n) is 1.05. The Bertz CT molecular complexity index is 299. The van der Waals surface area contributed by atoms with Crippen molar-refractivity contribution >= 4 is 0 Å². The monoisotopic (exact) mass is 186 g/mol. The third-order valence-electron chi connectivity index (χ3n) is 1.73. The van der Waals surface area contributed by atoms with E-state index in [2.05, 4.69) is 0 Å². The van der Waals surface area contributed by atoms with Gasteiger partial charge in [0.1, 0.15) is 5.75 Å². The molecular weight excluding hydrogens is 175 g/mol. The minimum absolute atomic E-state index is 0.102. The molecule has 0 aliphatic rings. The Morgan fingerprint density at radius 1 is 1.23 bits per heavy atom. The number of methoxy groups -OCH3 is 2. The number of ether oxygens (including phenoxy) is 2. The van der Waals surface area contributed by atoms with Gasteiger partial charge in [0.25, 0.3) is 0 Å². The van der Waals surface area contributed by atoms with Crippen molar-refractivity contribution in [3.8, 4) is 11.5 Å². The lowest BCUT2D eigenvalue weighted by Crippen LogP contribution is -1.96. The van der Waals surface area contributed by atoms with Crippen LogP contribution in [0, 0.1) is 5.82 Å². The lowest BCUT2D eigenvalue weighted by Gasteiger charge is -2.08. The summed E-state index contributed by atoms with van der Waals surface area (Å²) < 4.78 is 22.7. The van der Waals surface area contributed by atoms with E-state index >= 15 is 0 Å². The molecule has 0 unspecified atom stereocenters. The predicted molar refractivity (Wildman–Crippen MR) is 45.4 cm³/mol. The number of hydrogen-bond acceptors (Lipinski definition) is 3. The first kappa shape index (κ1) is 9.80. The van der Waals surface area contributed by atoms with Crippen LogP contribution in [0.25, 0.3) is 0 Å². The molecule has 0 saturated carbocycles. The van der Waals surface area contributed by atoms with Crippen LogP contribution in [0.3, 0.4) is 0 Å². The minimum atomic E-state index is -0.503. The van der Waals surface area contributed by atoms with Crippen LogP contribution in [0.1, 0.15) is 5.56 Å². The highest BCUT2D eigenvalue weighted by Gasteiger charge is 2.09. The number of rotatable bonds is 3. The first-order valence-electron chi connectivity index (χ1n) is 3.74. The minimum Gasteiger partial charge on any atom is -0.496 e. The molecule has 0 radical (unpaired) electrons. The number of aliphatic hydroxyl groups is 1. The third kappa shape index (κ3) is 1.89. The summed E-state index contributed by atoms with van der Waals surface area (Å²) in [6.07, 6.45) is 0. The van der Waals surface area contributed by atoms with Crippen molar-refractivity contribution < 1.29 is 19.0 Å². The van der Waals surface area contributed by atoms with Gasteiger partial charge in [0.15, 0.2) is 11.6 Å². The van der Waals surface area contributed by atoms with Gasteiger partial charge in [0, 0.05) is 11.6 Å². The molecule has 13 heavy (non-hydrogen) atoms. The van der Waals surface area contributed by atoms with E-state index in [-0.39, 0.29) is 12.4 Å². The molecule has 0 aliphatic heterocycles. The van der Waals surface area contributed by atoms with Crippen LogP contribution in [0.2, 0.25) is 0 Å². The van der Waals surface area contributed by atoms with E-state index in [0.29, 0.717) is 11.3 Å². The Morgan fingerprint density at radius 2 is 1.85 bits per heavy atom. The maximum absolute atomic E-state index is 13.1. The molecule has 3 nitrogen and oxygen atoms in total. The fourth-order valence-corrected chi connectivity index (χ4v) is 1.05. The van der Waals surface area contributed by atoms with Crippen LogP contribution in [0.15, 0.2) is 12.1 Å². The van der Waals surface area contributed by atoms with Crippen molar-refractivity contribution in [1.82, 2.24) is 0 Å². The van der Waals surface area contributed by atoms with Crippen LogP contribution in [0.4, 0.5) is 4.39 Å². The Morgan fingerprint density at radius 3 is 2.31 bits per heavy atom. The molecule has 0 aromatic heterocycles. The van der Waals surface area contributed by atoms with Crippen LogP contribution < -0.4 is 9.47 Å². The fraction of sp³-hybridized carbons (Fsp3) is 0.333. The topological polar surface area (TPSA) is 38.7 Å². The normalized spacial score (nSPS) is 9.85. The van der Waals surface area contributed by atoms with E-state index in [1.165, 1.54) is 26.4 Å². The zero-order chi connectivity index (χ0) is 9.84. The summed E-state index contributed by atoms with van der Waals surface area (Å²) in [6, 6.07) is 2.60. The van der Waals surface area contributed by atoms with Crippen molar-refractivity contribution in [2.45, 2.75) is 6.61 Å². The second-order valence-corrected chi connectivity index (χ2v) is 2.46. The summed E-state index contributed by atoms with van der Waals surface area (Å²) in [6.45, 7) is -0.209. The molecular formula is C9H11FO3. The van der Waals surface area contributed by atoms with E-state index < -0.39 is 5.82 Å². The molecule has 0 saturated heterocycles. The molecule has 0 atom stereocenters. The van der Waals surface area contributed by atoms with Gasteiger partial charge in [0.05, 0.1) is 20.8 Å². The maximum Gasteiger partial charge on any atom is 0.168 e. The second-order valence-electron chi connectivity index (χ2n) is 2.46. The number of halogens is 1. The van der Waals surface area contributed by atoms with Crippen LogP contribution in [0.5, 0.6) is 11.5 Å². The summed E-state index contributed by atoms with van der Waals surface area (Å²) >= 11 is 0. The first-order valence-corrected chi connectivity index (χ1v) is 3.74. The average Bonchev–Trinajstić information content (AvgIpc) is 2.17. The van der Waals surface area contributed by atoms with Crippen molar-refractivity contribution in [2.75, 3.05) is 14.2 Å². The van der Waals surface area contributed by atoms with E-state index in [4.69, 9.17) is 14.6 Å². The lowest BCUT2D eigenvalue weighted by atomic mass is 10.2. The predicted octanol–water partition coefficient (Wildman–Crippen LogP) is 1.34. The quantitative estimate of drug-likeness (QED) is 0.774. The Labute approximate surface area is 75.7 Å². The van der Waals surface area contributed by atoms with Gasteiger partial charge < -0.3 is 14.6 Å². The van der Waals surface area contributed by atoms with Gasteiger partial charge >= 0.3 is 0 Å². The zero-order valence-electron chi connectivity index (χ0n) is 7.50. The number of hydrogen-bond donors (Lipinski definition) is 1. The van der Waals surface area contributed by atoms with Gasteiger partial charge in [-0.25, -0.2) is 4.39 Å². The Balaban J connectivity index is 3.18. The SMILES string of the molecule is COc1cc(CO)c(OC)cc1F. The van der Waals surface area contributed by atoms with E-state index in [9.17, 15) is 4.39 Å². The molecule has 1 N–H and O–H groups in total. The van der Waals surface area contributed by atoms with Gasteiger partial charge in [-0.15, -0.1) is 0 Å². The molecule has 0 amide bonds. The number of benzene rings is 1. The van der Waals surface area contributed by atoms with Crippen LogP contribution >= 0.6 is 0 Å². The van der Waals surface area contributed by atoms with Gasteiger partial charge in [-0.1, -0.05) is 0 Å². The van der Waals surface area contributed by atoms with E-state index in [1.54, 1.807) is 0 Å². The van der Waals surface area contributed by atoms with Gasteiger partial charge in [-0.05, 0) is 6.07 Å². The Hall–Kier alpha value is -1.29. The van der Waals surface area contributed by atoms with E-state index in [1.807, 2.05) is 0 Å². The molecule has 4 heteroatoms. The smallest absolute Gasteiger partial charge is 0.168 e. The van der Waals surface area contributed by atoms with Crippen molar-refractivity contribution in [3.63, 3.8) is 0 Å². The third-order valence-corrected chi connectivity index (χ3v) is 1.73. The summed E-state index contributed by atoms with van der Waals surface area (Å²) in [7, 11) is 2.78. The summed E-state index contributed by atoms with van der Waals surface area (Å²) in [5.41, 5.74) is 0.501. The van der Waals surface area contributed by atoms with Crippen molar-refractivity contribution in [1.29, 1.82) is 0 Å². The second kappa shape index (κ2) is 4.09. The highest BCUT2D eigenvalue weighted by atomic mass is 19.1. The van der Waals surface area contributed by atoms with Gasteiger partial charge in [-0.2, -0.15) is 0 Å². The molecule has 72 valence electrons. The molecule has 1 rings (SSSR count). The molecule has 0 heterocycles. The molecule has 0 fully saturated rings. The van der Waals surface area contributed by atoms with Gasteiger partial charge in [0.2, 0.25) is 0 Å². The standard InChI is InChI=1S/C9H11FO3/c1-12-8-4-7(10)9(13-2)3-6(8)5-11/h3-4,11H,5H2,1-2H3. The average molecular weight is 186 g/mol. The summed E-state index contributed by atoms with van der Waals surface area (Å²) in [5.74, 6) is -0.0813. The zero-order valence-corrected chi connectivity index (χ0v) is 7.50. The molecule has 0 spiro atoms. The Kier molecular flexibility index (Phi) is 3.08. The summed E-state index contributed by atoms with van der Waals surface area (Å²) in [5, 5.41) is 8.90. The molecule has 1 aromatic rings. The van der Waals surface area contributed by atoms with Gasteiger partial charge in [-0.3, -0.25) is 0 Å². The molecule has 0 bridgehead atoms. The highest BCUT2D eigenvalue weighted by Crippen LogP contribution is 2.27. The lowest BCUT2D eigenvalue weighted by molar-refractivity contribution is 0.271. The van der Waals surface area contributed by atoms with E-state index in [0.717, 1.165) is 0 Å². The molecule has 1 aromatic carbocycles. The first-order chi connectivity index (χ1) is 6.22. The van der Waals surface area contributed by atoms with Crippen LogP contribution in [-0.4, -0.2) is 19.3 Å². The maximum atomic E-state index is 13.1. The van der Waals surface area contributed by atoms with Crippen LogP contribution in [-0.2, 0) is 6.61 Å².